The lowest BCUT2D eigenvalue weighted by Gasteiger charge is -2.41. The minimum atomic E-state index is 0.547. The van der Waals surface area contributed by atoms with E-state index in [9.17, 15) is 0 Å². The molecule has 1 saturated carbocycles. The molecule has 7 heteroatoms. The van der Waals surface area contributed by atoms with Crippen LogP contribution in [0.3, 0.4) is 0 Å². The summed E-state index contributed by atoms with van der Waals surface area (Å²) < 4.78 is 7.38. The summed E-state index contributed by atoms with van der Waals surface area (Å²) in [5.41, 5.74) is 0.865. The fraction of sp³-hybridized carbons (Fsp3) is 0.722. The fourth-order valence-corrected chi connectivity index (χ4v) is 4.01. The monoisotopic (exact) mass is 342 g/mol. The van der Waals surface area contributed by atoms with Gasteiger partial charge in [0.15, 0.2) is 11.5 Å². The van der Waals surface area contributed by atoms with Crippen LogP contribution in [0.1, 0.15) is 43.8 Å². The van der Waals surface area contributed by atoms with Crippen molar-refractivity contribution in [3.05, 3.63) is 18.0 Å². The molecular weight excluding hydrogens is 316 g/mol. The van der Waals surface area contributed by atoms with Gasteiger partial charge >= 0.3 is 0 Å². The minimum absolute atomic E-state index is 0.547. The van der Waals surface area contributed by atoms with Gasteiger partial charge in [0.1, 0.15) is 5.82 Å². The summed E-state index contributed by atoms with van der Waals surface area (Å²) in [7, 11) is 0. The highest BCUT2D eigenvalue weighted by Crippen LogP contribution is 2.35. The summed E-state index contributed by atoms with van der Waals surface area (Å²) in [5, 5.41) is 17.2. The smallest absolute Gasteiger partial charge is 0.178 e. The molecule has 0 amide bonds. The molecule has 2 aromatic rings. The first-order valence-electron chi connectivity index (χ1n) is 9.65. The van der Waals surface area contributed by atoms with E-state index in [0.29, 0.717) is 17.9 Å². The van der Waals surface area contributed by atoms with Crippen molar-refractivity contribution in [1.29, 1.82) is 0 Å². The van der Waals surface area contributed by atoms with Crippen molar-refractivity contribution >= 4 is 11.5 Å². The molecule has 25 heavy (non-hydrogen) atoms. The van der Waals surface area contributed by atoms with Crippen LogP contribution in [-0.4, -0.2) is 58.7 Å². The second kappa shape index (κ2) is 6.53. The van der Waals surface area contributed by atoms with Crippen molar-refractivity contribution in [1.82, 2.24) is 25.1 Å². The Morgan fingerprint density at radius 1 is 1.08 bits per heavy atom. The Bertz CT molecular complexity index is 730. The summed E-state index contributed by atoms with van der Waals surface area (Å²) >= 11 is 0. The van der Waals surface area contributed by atoms with Crippen molar-refractivity contribution < 1.29 is 4.74 Å². The quantitative estimate of drug-likeness (QED) is 0.890. The van der Waals surface area contributed by atoms with Crippen molar-refractivity contribution in [2.75, 3.05) is 37.7 Å². The van der Waals surface area contributed by atoms with E-state index >= 15 is 0 Å². The molecule has 0 bridgehead atoms. The molecule has 2 saturated heterocycles. The average molecular weight is 342 g/mol. The molecule has 5 rings (SSSR count). The Hall–Kier alpha value is -1.73. The molecule has 1 N–H and O–H groups in total. The van der Waals surface area contributed by atoms with Gasteiger partial charge in [0, 0.05) is 50.7 Å². The summed E-state index contributed by atoms with van der Waals surface area (Å²) in [6.45, 7) is 5.07. The topological polar surface area (TPSA) is 67.6 Å². The maximum absolute atomic E-state index is 5.42. The Balaban J connectivity index is 1.20. The van der Waals surface area contributed by atoms with E-state index in [0.717, 1.165) is 63.0 Å². The second-order valence-corrected chi connectivity index (χ2v) is 7.71. The van der Waals surface area contributed by atoms with Gasteiger partial charge in [-0.15, -0.1) is 15.3 Å². The van der Waals surface area contributed by atoms with Crippen LogP contribution in [0.2, 0.25) is 0 Å². The Morgan fingerprint density at radius 3 is 2.68 bits per heavy atom. The number of fused-ring (bicyclic) bond motifs is 1. The first-order valence-corrected chi connectivity index (χ1v) is 9.65. The molecular formula is C18H26N6O. The predicted octanol–water partition coefficient (Wildman–Crippen LogP) is 1.60. The summed E-state index contributed by atoms with van der Waals surface area (Å²) in [4.78, 5) is 2.36. The molecule has 0 unspecified atom stereocenters. The van der Waals surface area contributed by atoms with Crippen LogP contribution in [0.15, 0.2) is 12.1 Å². The first kappa shape index (κ1) is 15.5. The largest absolute Gasteiger partial charge is 0.381 e. The van der Waals surface area contributed by atoms with Crippen molar-refractivity contribution in [2.45, 2.75) is 44.1 Å². The molecule has 7 nitrogen and oxygen atoms in total. The van der Waals surface area contributed by atoms with Crippen LogP contribution in [0.4, 0.5) is 5.82 Å². The van der Waals surface area contributed by atoms with Crippen LogP contribution in [0.5, 0.6) is 0 Å². The first-order chi connectivity index (χ1) is 12.4. The van der Waals surface area contributed by atoms with Gasteiger partial charge in [0.05, 0.1) is 0 Å². The van der Waals surface area contributed by atoms with Crippen molar-refractivity contribution in [3.8, 4) is 0 Å². The number of ether oxygens (including phenoxy) is 1. The van der Waals surface area contributed by atoms with Gasteiger partial charge in [-0.1, -0.05) is 6.42 Å². The zero-order valence-corrected chi connectivity index (χ0v) is 14.6. The number of rotatable bonds is 5. The molecule has 0 aromatic carbocycles. The molecule has 134 valence electrons. The SMILES string of the molecule is c1cc2nnc(C3CCC3)n2nc1N1CC(CNC2CCOCC2)C1. The maximum atomic E-state index is 5.42. The number of hydrogen-bond acceptors (Lipinski definition) is 6. The van der Waals surface area contributed by atoms with Crippen LogP contribution in [-0.2, 0) is 4.74 Å². The van der Waals surface area contributed by atoms with E-state index < -0.39 is 0 Å². The third-order valence-corrected chi connectivity index (χ3v) is 5.94. The zero-order valence-electron chi connectivity index (χ0n) is 14.6. The third kappa shape index (κ3) is 3.00. The molecule has 0 spiro atoms. The standard InChI is InChI=1S/C18H26N6O/c1-2-14(3-1)18-21-20-16-4-5-17(22-24(16)18)23-11-13(12-23)10-19-15-6-8-25-9-7-15/h4-5,13-15,19H,1-3,6-12H2. The Kier molecular flexibility index (Phi) is 4.06. The molecule has 1 aliphatic carbocycles. The van der Waals surface area contributed by atoms with Gasteiger partial charge in [0.2, 0.25) is 0 Å². The Morgan fingerprint density at radius 2 is 1.92 bits per heavy atom. The molecule has 0 atom stereocenters. The highest BCUT2D eigenvalue weighted by molar-refractivity contribution is 5.47. The van der Waals surface area contributed by atoms with Gasteiger partial charge in [-0.3, -0.25) is 0 Å². The minimum Gasteiger partial charge on any atom is -0.381 e. The van der Waals surface area contributed by atoms with E-state index in [1.165, 1.54) is 19.3 Å². The van der Waals surface area contributed by atoms with Crippen LogP contribution in [0.25, 0.3) is 5.65 Å². The van der Waals surface area contributed by atoms with Crippen LogP contribution in [0, 0.1) is 5.92 Å². The number of nitrogens with zero attached hydrogens (tertiary/aromatic N) is 5. The number of anilines is 1. The molecule has 3 aliphatic rings. The van der Waals surface area contributed by atoms with E-state index in [4.69, 9.17) is 9.84 Å². The summed E-state index contributed by atoms with van der Waals surface area (Å²) in [5.74, 6) is 3.36. The molecule has 4 heterocycles. The van der Waals surface area contributed by atoms with E-state index in [2.05, 4.69) is 26.5 Å². The zero-order chi connectivity index (χ0) is 16.6. The lowest BCUT2D eigenvalue weighted by molar-refractivity contribution is 0.0765. The van der Waals surface area contributed by atoms with Crippen LogP contribution < -0.4 is 10.2 Å². The summed E-state index contributed by atoms with van der Waals surface area (Å²) in [6.07, 6.45) is 6.03. The predicted molar refractivity (Wildman–Crippen MR) is 94.9 cm³/mol. The van der Waals surface area contributed by atoms with Gasteiger partial charge in [-0.05, 0) is 37.8 Å². The fourth-order valence-electron chi connectivity index (χ4n) is 4.01. The normalized spacial score (nSPS) is 23.0. The second-order valence-electron chi connectivity index (χ2n) is 7.71. The van der Waals surface area contributed by atoms with Gasteiger partial charge in [-0.25, -0.2) is 0 Å². The third-order valence-electron chi connectivity index (χ3n) is 5.94. The lowest BCUT2D eigenvalue weighted by atomic mass is 9.85. The van der Waals surface area contributed by atoms with E-state index in [1.54, 1.807) is 0 Å². The maximum Gasteiger partial charge on any atom is 0.178 e. The Labute approximate surface area is 147 Å². The molecule has 0 radical (unpaired) electrons. The van der Waals surface area contributed by atoms with Gasteiger partial charge in [-0.2, -0.15) is 4.52 Å². The highest BCUT2D eigenvalue weighted by Gasteiger charge is 2.30. The molecule has 3 fully saturated rings. The molecule has 2 aromatic heterocycles. The van der Waals surface area contributed by atoms with Crippen molar-refractivity contribution in [3.63, 3.8) is 0 Å². The van der Waals surface area contributed by atoms with Gasteiger partial charge in [0.25, 0.3) is 0 Å². The van der Waals surface area contributed by atoms with E-state index in [1.807, 2.05) is 10.6 Å². The van der Waals surface area contributed by atoms with E-state index in [-0.39, 0.29) is 0 Å². The highest BCUT2D eigenvalue weighted by atomic mass is 16.5. The average Bonchev–Trinajstić information content (AvgIpc) is 2.96. The van der Waals surface area contributed by atoms with Gasteiger partial charge < -0.3 is 15.0 Å². The van der Waals surface area contributed by atoms with Crippen LogP contribution >= 0.6 is 0 Å². The number of nitrogens with one attached hydrogen (secondary N) is 1. The lowest BCUT2D eigenvalue weighted by Crippen LogP contribution is -2.52. The molecule has 2 aliphatic heterocycles. The number of hydrogen-bond donors (Lipinski definition) is 1. The number of aromatic nitrogens is 4. The van der Waals surface area contributed by atoms with Crippen molar-refractivity contribution in [2.24, 2.45) is 5.92 Å². The summed E-state index contributed by atoms with van der Waals surface area (Å²) in [6, 6.07) is 4.77.